The molecule has 0 bridgehead atoms. The Kier molecular flexibility index (Phi) is 6.06. The SMILES string of the molecule is CN=C(NCCN(C(C)C)C1CC1)NCc1ccc(C)s1. The first-order valence-corrected chi connectivity index (χ1v) is 8.67. The quantitative estimate of drug-likeness (QED) is 0.601. The molecule has 118 valence electrons. The topological polar surface area (TPSA) is 39.7 Å². The van der Waals surface area contributed by atoms with Crippen molar-refractivity contribution >= 4 is 17.3 Å². The molecule has 1 aliphatic carbocycles. The largest absolute Gasteiger partial charge is 0.355 e. The summed E-state index contributed by atoms with van der Waals surface area (Å²) in [7, 11) is 1.83. The van der Waals surface area contributed by atoms with Gasteiger partial charge in [0.05, 0.1) is 6.54 Å². The van der Waals surface area contributed by atoms with Gasteiger partial charge < -0.3 is 10.6 Å². The lowest BCUT2D eigenvalue weighted by Crippen LogP contribution is -2.43. The van der Waals surface area contributed by atoms with Gasteiger partial charge in [0.1, 0.15) is 0 Å². The Hall–Kier alpha value is -1.07. The molecule has 1 aliphatic rings. The summed E-state index contributed by atoms with van der Waals surface area (Å²) < 4.78 is 0. The minimum absolute atomic E-state index is 0.628. The Balaban J connectivity index is 1.70. The minimum Gasteiger partial charge on any atom is -0.355 e. The normalized spacial score (nSPS) is 15.8. The van der Waals surface area contributed by atoms with E-state index in [9.17, 15) is 0 Å². The maximum Gasteiger partial charge on any atom is 0.191 e. The lowest BCUT2D eigenvalue weighted by Gasteiger charge is -2.26. The summed E-state index contributed by atoms with van der Waals surface area (Å²) in [6.07, 6.45) is 2.73. The Bertz CT molecular complexity index is 461. The second kappa shape index (κ2) is 7.80. The molecule has 0 saturated heterocycles. The van der Waals surface area contributed by atoms with Crippen LogP contribution in [0.15, 0.2) is 17.1 Å². The molecule has 0 aromatic carbocycles. The van der Waals surface area contributed by atoms with Crippen LogP contribution >= 0.6 is 11.3 Å². The summed E-state index contributed by atoms with van der Waals surface area (Å²) >= 11 is 1.83. The molecule has 0 spiro atoms. The van der Waals surface area contributed by atoms with Gasteiger partial charge in [0.2, 0.25) is 0 Å². The van der Waals surface area contributed by atoms with Gasteiger partial charge in [-0.25, -0.2) is 0 Å². The molecule has 1 aromatic rings. The third-order valence-electron chi connectivity index (χ3n) is 3.79. The number of hydrogen-bond donors (Lipinski definition) is 2. The van der Waals surface area contributed by atoms with E-state index in [1.54, 1.807) is 0 Å². The van der Waals surface area contributed by atoms with Crippen LogP contribution in [0.2, 0.25) is 0 Å². The molecule has 2 N–H and O–H groups in total. The zero-order valence-electron chi connectivity index (χ0n) is 13.6. The maximum absolute atomic E-state index is 4.29. The van der Waals surface area contributed by atoms with E-state index in [1.165, 1.54) is 22.6 Å². The number of aliphatic imine (C=N–C) groups is 1. The van der Waals surface area contributed by atoms with Gasteiger partial charge in [-0.05, 0) is 45.7 Å². The van der Waals surface area contributed by atoms with E-state index in [0.29, 0.717) is 6.04 Å². The first kappa shape index (κ1) is 16.3. The van der Waals surface area contributed by atoms with Crippen LogP contribution in [0.25, 0.3) is 0 Å². The fourth-order valence-corrected chi connectivity index (χ4v) is 3.37. The summed E-state index contributed by atoms with van der Waals surface area (Å²) in [6, 6.07) is 5.78. The molecule has 2 rings (SSSR count). The summed E-state index contributed by atoms with van der Waals surface area (Å²) in [5.41, 5.74) is 0. The molecule has 1 saturated carbocycles. The minimum atomic E-state index is 0.628. The number of hydrogen-bond acceptors (Lipinski definition) is 3. The Morgan fingerprint density at radius 2 is 2.14 bits per heavy atom. The van der Waals surface area contributed by atoms with Crippen LogP contribution in [0.4, 0.5) is 0 Å². The van der Waals surface area contributed by atoms with Gasteiger partial charge in [-0.3, -0.25) is 9.89 Å². The zero-order chi connectivity index (χ0) is 15.2. The van der Waals surface area contributed by atoms with Gasteiger partial charge in [0, 0.05) is 42.0 Å². The monoisotopic (exact) mass is 308 g/mol. The predicted molar refractivity (Wildman–Crippen MR) is 92.1 cm³/mol. The molecule has 1 heterocycles. The standard InChI is InChI=1S/C16H28N4S/c1-12(2)20(14-6-7-14)10-9-18-16(17-4)19-11-15-8-5-13(3)21-15/h5,8,12,14H,6-7,9-11H2,1-4H3,(H2,17,18,19). The van der Waals surface area contributed by atoms with Gasteiger partial charge in [-0.1, -0.05) is 0 Å². The molecule has 5 heteroatoms. The molecule has 0 unspecified atom stereocenters. The zero-order valence-corrected chi connectivity index (χ0v) is 14.5. The summed E-state index contributed by atoms with van der Waals surface area (Å²) in [4.78, 5) is 9.58. The van der Waals surface area contributed by atoms with Crippen LogP contribution in [-0.2, 0) is 6.54 Å². The van der Waals surface area contributed by atoms with Crippen molar-refractivity contribution in [3.05, 3.63) is 21.9 Å². The molecule has 1 fully saturated rings. The van der Waals surface area contributed by atoms with Crippen LogP contribution in [0.5, 0.6) is 0 Å². The molecule has 4 nitrogen and oxygen atoms in total. The van der Waals surface area contributed by atoms with Crippen molar-refractivity contribution in [3.8, 4) is 0 Å². The van der Waals surface area contributed by atoms with Gasteiger partial charge in [0.15, 0.2) is 5.96 Å². The fraction of sp³-hybridized carbons (Fsp3) is 0.688. The van der Waals surface area contributed by atoms with E-state index in [2.05, 4.69) is 53.4 Å². The predicted octanol–water partition coefficient (Wildman–Crippen LogP) is 2.59. The van der Waals surface area contributed by atoms with Gasteiger partial charge in [-0.15, -0.1) is 11.3 Å². The molecule has 0 atom stereocenters. The van der Waals surface area contributed by atoms with Gasteiger partial charge in [0.25, 0.3) is 0 Å². The van der Waals surface area contributed by atoms with Gasteiger partial charge in [-0.2, -0.15) is 0 Å². The van der Waals surface area contributed by atoms with Crippen molar-refractivity contribution in [1.29, 1.82) is 0 Å². The highest BCUT2D eigenvalue weighted by Crippen LogP contribution is 2.27. The lowest BCUT2D eigenvalue weighted by atomic mass is 10.3. The number of guanidine groups is 1. The first-order valence-electron chi connectivity index (χ1n) is 7.85. The van der Waals surface area contributed by atoms with E-state index in [4.69, 9.17) is 0 Å². The summed E-state index contributed by atoms with van der Waals surface area (Å²) in [5.74, 6) is 0.889. The lowest BCUT2D eigenvalue weighted by molar-refractivity contribution is 0.215. The highest BCUT2D eigenvalue weighted by Gasteiger charge is 2.29. The van der Waals surface area contributed by atoms with Crippen LogP contribution < -0.4 is 10.6 Å². The number of nitrogens with zero attached hydrogens (tertiary/aromatic N) is 2. The highest BCUT2D eigenvalue weighted by atomic mass is 32.1. The second-order valence-electron chi connectivity index (χ2n) is 5.93. The van der Waals surface area contributed by atoms with Crippen molar-refractivity contribution in [2.75, 3.05) is 20.1 Å². The highest BCUT2D eigenvalue weighted by molar-refractivity contribution is 7.11. The van der Waals surface area contributed by atoms with Crippen LogP contribution in [0.1, 0.15) is 36.4 Å². The Morgan fingerprint density at radius 3 is 2.67 bits per heavy atom. The third-order valence-corrected chi connectivity index (χ3v) is 4.79. The number of rotatable bonds is 7. The third kappa shape index (κ3) is 5.32. The average Bonchev–Trinajstić information content (AvgIpc) is 3.20. The van der Waals surface area contributed by atoms with Crippen molar-refractivity contribution in [3.63, 3.8) is 0 Å². The average molecular weight is 308 g/mol. The smallest absolute Gasteiger partial charge is 0.191 e. The van der Waals surface area contributed by atoms with Crippen LogP contribution in [-0.4, -0.2) is 43.1 Å². The molecule has 0 amide bonds. The summed E-state index contributed by atoms with van der Waals surface area (Å²) in [5, 5.41) is 6.79. The van der Waals surface area contributed by atoms with E-state index in [1.807, 2.05) is 18.4 Å². The van der Waals surface area contributed by atoms with E-state index >= 15 is 0 Å². The summed E-state index contributed by atoms with van der Waals surface area (Å²) in [6.45, 7) is 9.57. The van der Waals surface area contributed by atoms with Crippen molar-refractivity contribution in [2.24, 2.45) is 4.99 Å². The first-order chi connectivity index (χ1) is 10.1. The Labute approximate surface area is 132 Å². The molecule has 21 heavy (non-hydrogen) atoms. The number of thiophene rings is 1. The molecule has 1 aromatic heterocycles. The van der Waals surface area contributed by atoms with Crippen molar-refractivity contribution < 1.29 is 0 Å². The van der Waals surface area contributed by atoms with E-state index in [0.717, 1.165) is 31.6 Å². The molecular weight excluding hydrogens is 280 g/mol. The molecule has 0 aliphatic heterocycles. The van der Waals surface area contributed by atoms with Crippen LogP contribution in [0.3, 0.4) is 0 Å². The van der Waals surface area contributed by atoms with E-state index in [-0.39, 0.29) is 0 Å². The van der Waals surface area contributed by atoms with Crippen LogP contribution in [0, 0.1) is 6.92 Å². The van der Waals surface area contributed by atoms with E-state index < -0.39 is 0 Å². The van der Waals surface area contributed by atoms with Gasteiger partial charge >= 0.3 is 0 Å². The number of aryl methyl sites for hydroxylation is 1. The second-order valence-corrected chi connectivity index (χ2v) is 7.30. The molecule has 0 radical (unpaired) electrons. The Morgan fingerprint density at radius 1 is 1.38 bits per heavy atom. The maximum atomic E-state index is 4.29. The number of nitrogens with one attached hydrogen (secondary N) is 2. The van der Waals surface area contributed by atoms with Crippen molar-refractivity contribution in [2.45, 2.75) is 52.2 Å². The molecular formula is C16H28N4S. The fourth-order valence-electron chi connectivity index (χ4n) is 2.54. The van der Waals surface area contributed by atoms with Crippen molar-refractivity contribution in [1.82, 2.24) is 15.5 Å².